The molecule has 1 heterocycles. The SMILES string of the molecule is CCNc1cncc(C(=O)NCCCCSC)n1. The normalized spacial score (nSPS) is 10.1. The zero-order valence-electron chi connectivity index (χ0n) is 10.9. The van der Waals surface area contributed by atoms with E-state index >= 15 is 0 Å². The van der Waals surface area contributed by atoms with Crippen molar-refractivity contribution in [1.29, 1.82) is 0 Å². The van der Waals surface area contributed by atoms with E-state index in [0.717, 1.165) is 25.1 Å². The molecule has 5 nitrogen and oxygen atoms in total. The third kappa shape index (κ3) is 5.35. The summed E-state index contributed by atoms with van der Waals surface area (Å²) in [6.07, 6.45) is 7.29. The maximum absolute atomic E-state index is 11.8. The fourth-order valence-corrected chi connectivity index (χ4v) is 1.90. The van der Waals surface area contributed by atoms with Gasteiger partial charge in [-0.05, 0) is 31.8 Å². The minimum atomic E-state index is -0.161. The summed E-state index contributed by atoms with van der Waals surface area (Å²) >= 11 is 1.82. The van der Waals surface area contributed by atoms with Crippen LogP contribution in [0, 0.1) is 0 Å². The van der Waals surface area contributed by atoms with E-state index in [-0.39, 0.29) is 5.91 Å². The van der Waals surface area contributed by atoms with Gasteiger partial charge in [0.25, 0.3) is 5.91 Å². The third-order valence-corrected chi connectivity index (χ3v) is 2.98. The smallest absolute Gasteiger partial charge is 0.271 e. The van der Waals surface area contributed by atoms with Gasteiger partial charge in [0.15, 0.2) is 0 Å². The molecule has 0 aliphatic rings. The van der Waals surface area contributed by atoms with E-state index < -0.39 is 0 Å². The van der Waals surface area contributed by atoms with Gasteiger partial charge in [0, 0.05) is 13.1 Å². The molecular formula is C12H20N4OS. The quantitative estimate of drug-likeness (QED) is 0.704. The molecule has 1 amide bonds. The molecule has 0 atom stereocenters. The van der Waals surface area contributed by atoms with Crippen LogP contribution in [0.15, 0.2) is 12.4 Å². The lowest BCUT2D eigenvalue weighted by atomic mass is 10.3. The maximum Gasteiger partial charge on any atom is 0.271 e. The molecule has 0 unspecified atom stereocenters. The summed E-state index contributed by atoms with van der Waals surface area (Å²) in [6, 6.07) is 0. The number of unbranched alkanes of at least 4 members (excludes halogenated alkanes) is 1. The molecule has 1 aromatic heterocycles. The number of hydrogen-bond acceptors (Lipinski definition) is 5. The molecule has 18 heavy (non-hydrogen) atoms. The molecule has 0 bridgehead atoms. The lowest BCUT2D eigenvalue weighted by Gasteiger charge is -2.06. The average Bonchev–Trinajstić information content (AvgIpc) is 2.39. The largest absolute Gasteiger partial charge is 0.369 e. The molecule has 0 radical (unpaired) electrons. The number of thioether (sulfide) groups is 1. The van der Waals surface area contributed by atoms with Crippen LogP contribution >= 0.6 is 11.8 Å². The molecule has 100 valence electrons. The Morgan fingerprint density at radius 3 is 2.94 bits per heavy atom. The monoisotopic (exact) mass is 268 g/mol. The van der Waals surface area contributed by atoms with Crippen LogP contribution < -0.4 is 10.6 Å². The molecule has 2 N–H and O–H groups in total. The van der Waals surface area contributed by atoms with Crippen molar-refractivity contribution in [3.63, 3.8) is 0 Å². The highest BCUT2D eigenvalue weighted by Crippen LogP contribution is 2.02. The highest BCUT2D eigenvalue weighted by Gasteiger charge is 2.07. The standard InChI is InChI=1S/C12H20N4OS/c1-3-14-11-9-13-8-10(16-11)12(17)15-6-4-5-7-18-2/h8-9H,3-7H2,1-2H3,(H,14,16)(H,15,17). The van der Waals surface area contributed by atoms with E-state index in [1.54, 1.807) is 6.20 Å². The Labute approximate surface area is 112 Å². The lowest BCUT2D eigenvalue weighted by Crippen LogP contribution is -2.25. The summed E-state index contributed by atoms with van der Waals surface area (Å²) < 4.78 is 0. The van der Waals surface area contributed by atoms with Crippen LogP contribution in [0.2, 0.25) is 0 Å². The number of aromatic nitrogens is 2. The molecule has 0 fully saturated rings. The van der Waals surface area contributed by atoms with Gasteiger partial charge in [-0.15, -0.1) is 0 Å². The van der Waals surface area contributed by atoms with E-state index in [0.29, 0.717) is 18.1 Å². The Morgan fingerprint density at radius 2 is 2.22 bits per heavy atom. The second-order valence-corrected chi connectivity index (χ2v) is 4.76. The van der Waals surface area contributed by atoms with Crippen molar-refractivity contribution in [1.82, 2.24) is 15.3 Å². The Hall–Kier alpha value is -1.30. The van der Waals surface area contributed by atoms with Crippen molar-refractivity contribution < 1.29 is 4.79 Å². The molecule has 0 aliphatic heterocycles. The van der Waals surface area contributed by atoms with E-state index in [2.05, 4.69) is 26.9 Å². The number of amides is 1. The van der Waals surface area contributed by atoms with Gasteiger partial charge in [0.2, 0.25) is 0 Å². The number of anilines is 1. The zero-order chi connectivity index (χ0) is 13.2. The highest BCUT2D eigenvalue weighted by molar-refractivity contribution is 7.98. The molecule has 0 saturated heterocycles. The second-order valence-electron chi connectivity index (χ2n) is 3.78. The van der Waals surface area contributed by atoms with Crippen molar-refractivity contribution >= 4 is 23.5 Å². The van der Waals surface area contributed by atoms with Crippen LogP contribution in [0.3, 0.4) is 0 Å². The lowest BCUT2D eigenvalue weighted by molar-refractivity contribution is 0.0948. The van der Waals surface area contributed by atoms with E-state index in [1.807, 2.05) is 18.7 Å². The molecule has 1 aromatic rings. The summed E-state index contributed by atoms with van der Waals surface area (Å²) in [5, 5.41) is 5.88. The Balaban J connectivity index is 2.38. The fraction of sp³-hybridized carbons (Fsp3) is 0.583. The maximum atomic E-state index is 11.8. The number of nitrogens with zero attached hydrogens (tertiary/aromatic N) is 2. The predicted octanol–water partition coefficient (Wildman–Crippen LogP) is 1.78. The van der Waals surface area contributed by atoms with Crippen molar-refractivity contribution in [2.24, 2.45) is 0 Å². The number of carbonyl (C=O) groups excluding carboxylic acids is 1. The van der Waals surface area contributed by atoms with E-state index in [9.17, 15) is 4.79 Å². The van der Waals surface area contributed by atoms with Crippen molar-refractivity contribution in [3.05, 3.63) is 18.1 Å². The molecule has 6 heteroatoms. The van der Waals surface area contributed by atoms with Gasteiger partial charge < -0.3 is 10.6 Å². The summed E-state index contributed by atoms with van der Waals surface area (Å²) in [4.78, 5) is 20.0. The van der Waals surface area contributed by atoms with Crippen molar-refractivity contribution in [2.75, 3.05) is 30.4 Å². The minimum absolute atomic E-state index is 0.161. The van der Waals surface area contributed by atoms with Crippen LogP contribution in [0.25, 0.3) is 0 Å². The summed E-state index contributed by atoms with van der Waals surface area (Å²) in [5.74, 6) is 1.60. The molecule has 0 aliphatic carbocycles. The van der Waals surface area contributed by atoms with Crippen LogP contribution in [0.1, 0.15) is 30.3 Å². The first kappa shape index (κ1) is 14.8. The topological polar surface area (TPSA) is 66.9 Å². The fourth-order valence-electron chi connectivity index (χ4n) is 1.41. The Morgan fingerprint density at radius 1 is 1.39 bits per heavy atom. The van der Waals surface area contributed by atoms with Crippen LogP contribution in [0.5, 0.6) is 0 Å². The molecule has 0 spiro atoms. The van der Waals surface area contributed by atoms with Gasteiger partial charge in [-0.2, -0.15) is 11.8 Å². The zero-order valence-corrected chi connectivity index (χ0v) is 11.7. The number of nitrogens with one attached hydrogen (secondary N) is 2. The van der Waals surface area contributed by atoms with Gasteiger partial charge in [-0.3, -0.25) is 9.78 Å². The van der Waals surface area contributed by atoms with Crippen LogP contribution in [0.4, 0.5) is 5.82 Å². The van der Waals surface area contributed by atoms with E-state index in [4.69, 9.17) is 0 Å². The van der Waals surface area contributed by atoms with Crippen molar-refractivity contribution in [2.45, 2.75) is 19.8 Å². The number of hydrogen-bond donors (Lipinski definition) is 2. The first-order valence-corrected chi connectivity index (χ1v) is 7.50. The first-order valence-electron chi connectivity index (χ1n) is 6.11. The van der Waals surface area contributed by atoms with Gasteiger partial charge in [0.1, 0.15) is 11.5 Å². The number of rotatable bonds is 8. The summed E-state index contributed by atoms with van der Waals surface area (Å²) in [7, 11) is 0. The van der Waals surface area contributed by atoms with Gasteiger partial charge in [0.05, 0.1) is 12.4 Å². The Bertz CT molecular complexity index is 373. The molecule has 0 saturated carbocycles. The predicted molar refractivity (Wildman–Crippen MR) is 76.1 cm³/mol. The molecular weight excluding hydrogens is 248 g/mol. The summed E-state index contributed by atoms with van der Waals surface area (Å²) in [6.45, 7) is 3.42. The van der Waals surface area contributed by atoms with E-state index in [1.165, 1.54) is 6.20 Å². The minimum Gasteiger partial charge on any atom is -0.369 e. The summed E-state index contributed by atoms with van der Waals surface area (Å²) in [5.41, 5.74) is 0.360. The molecule has 0 aromatic carbocycles. The Kier molecular flexibility index (Phi) is 7.17. The average molecular weight is 268 g/mol. The third-order valence-electron chi connectivity index (χ3n) is 2.29. The van der Waals surface area contributed by atoms with Gasteiger partial charge >= 0.3 is 0 Å². The van der Waals surface area contributed by atoms with Gasteiger partial charge in [-0.1, -0.05) is 0 Å². The first-order chi connectivity index (χ1) is 8.77. The van der Waals surface area contributed by atoms with Crippen LogP contribution in [-0.2, 0) is 0 Å². The van der Waals surface area contributed by atoms with Gasteiger partial charge in [-0.25, -0.2) is 4.98 Å². The highest BCUT2D eigenvalue weighted by atomic mass is 32.2. The second kappa shape index (κ2) is 8.74. The van der Waals surface area contributed by atoms with Crippen LogP contribution in [-0.4, -0.2) is 41.0 Å². The molecule has 1 rings (SSSR count). The number of carbonyl (C=O) groups is 1. The van der Waals surface area contributed by atoms with Crippen molar-refractivity contribution in [3.8, 4) is 0 Å².